The van der Waals surface area contributed by atoms with E-state index >= 15 is 0 Å². The largest absolute Gasteiger partial charge is 0.550 e. The van der Waals surface area contributed by atoms with Gasteiger partial charge in [-0.2, -0.15) is 0 Å². The topological polar surface area (TPSA) is 80.3 Å². The van der Waals surface area contributed by atoms with Crippen LogP contribution in [0, 0.1) is 5.92 Å². The molecule has 0 aliphatic rings. The lowest BCUT2D eigenvalue weighted by molar-refractivity contribution is -0.849. The molecule has 1 unspecified atom stereocenters. The molecule has 0 fully saturated rings. The van der Waals surface area contributed by atoms with Gasteiger partial charge in [-0.1, -0.05) is 6.92 Å². The Morgan fingerprint density at radius 3 is 1.11 bits per heavy atom. The first-order chi connectivity index (χ1) is 8.04. The summed E-state index contributed by atoms with van der Waals surface area (Å²) in [6.07, 6.45) is -0.484. The summed E-state index contributed by atoms with van der Waals surface area (Å²) in [5.41, 5.74) is 0. The Kier molecular flexibility index (Phi) is 11.8. The molecule has 0 aromatic carbocycles. The van der Waals surface area contributed by atoms with Gasteiger partial charge in [0, 0.05) is 17.9 Å². The number of quaternary nitrogens is 2. The van der Waals surface area contributed by atoms with Crippen molar-refractivity contribution in [3.8, 4) is 0 Å². The summed E-state index contributed by atoms with van der Waals surface area (Å²) < 4.78 is 2.00. The van der Waals surface area contributed by atoms with E-state index < -0.39 is 24.3 Å². The first kappa shape index (κ1) is 23.0. The average Bonchev–Trinajstić information content (AvgIpc) is 1.94. The molecular formula is C13H30N2O4. The fourth-order valence-corrected chi connectivity index (χ4v) is 0.333. The molecule has 116 valence electrons. The van der Waals surface area contributed by atoms with Crippen molar-refractivity contribution in [1.29, 1.82) is 0 Å². The van der Waals surface area contributed by atoms with E-state index in [1.165, 1.54) is 6.92 Å². The number of hydrogen-bond acceptors (Lipinski definition) is 4. The predicted octanol–water partition coefficient (Wildman–Crippen LogP) is -1.84. The molecule has 0 amide bonds. The van der Waals surface area contributed by atoms with Crippen LogP contribution in [0.5, 0.6) is 0 Å². The fourth-order valence-electron chi connectivity index (χ4n) is 0.333. The molecule has 0 spiro atoms. The van der Waals surface area contributed by atoms with Crippen LogP contribution in [0.4, 0.5) is 0 Å². The second-order valence-corrected chi connectivity index (χ2v) is 7.16. The summed E-state index contributed by atoms with van der Waals surface area (Å²) in [5.74, 6) is -3.69. The van der Waals surface area contributed by atoms with E-state index in [1.807, 2.05) is 0 Å². The highest BCUT2D eigenvalue weighted by Crippen LogP contribution is 1.96. The van der Waals surface area contributed by atoms with E-state index in [-0.39, 0.29) is 0 Å². The summed E-state index contributed by atoms with van der Waals surface area (Å²) in [6.45, 7) is 1.26. The number of rotatable bonds is 3. The Hall–Kier alpha value is -1.14. The zero-order valence-corrected chi connectivity index (χ0v) is 13.8. The smallest absolute Gasteiger partial charge is 0.0675 e. The zero-order valence-electron chi connectivity index (χ0n) is 13.8. The van der Waals surface area contributed by atoms with E-state index in [1.54, 1.807) is 0 Å². The summed E-state index contributed by atoms with van der Waals surface area (Å²) in [5, 5.41) is 19.5. The fraction of sp³-hybridized carbons (Fsp3) is 0.846. The van der Waals surface area contributed by atoms with Crippen molar-refractivity contribution in [3.05, 3.63) is 0 Å². The molecule has 6 nitrogen and oxygen atoms in total. The molecule has 0 saturated heterocycles. The minimum atomic E-state index is -1.37. The van der Waals surface area contributed by atoms with Crippen LogP contribution in [0.25, 0.3) is 0 Å². The quantitative estimate of drug-likeness (QED) is 0.568. The maximum Gasteiger partial charge on any atom is 0.0675 e. The third kappa shape index (κ3) is 79.1. The molecule has 6 heteroatoms. The molecular weight excluding hydrogens is 248 g/mol. The summed E-state index contributed by atoms with van der Waals surface area (Å²) in [6, 6.07) is 0. The third-order valence-electron chi connectivity index (χ3n) is 0.875. The number of hydrogen-bond donors (Lipinski definition) is 0. The van der Waals surface area contributed by atoms with E-state index in [4.69, 9.17) is 0 Å². The molecule has 19 heavy (non-hydrogen) atoms. The van der Waals surface area contributed by atoms with Crippen molar-refractivity contribution in [3.63, 3.8) is 0 Å². The van der Waals surface area contributed by atoms with Crippen LogP contribution in [0.3, 0.4) is 0 Å². The molecule has 0 radical (unpaired) electrons. The molecule has 0 aromatic rings. The van der Waals surface area contributed by atoms with Crippen LogP contribution in [0.1, 0.15) is 13.3 Å². The maximum absolute atomic E-state index is 9.83. The Morgan fingerprint density at radius 1 is 0.842 bits per heavy atom. The van der Waals surface area contributed by atoms with E-state index in [0.29, 0.717) is 0 Å². The Labute approximate surface area is 117 Å². The molecule has 0 heterocycles. The first-order valence-electron chi connectivity index (χ1n) is 6.02. The van der Waals surface area contributed by atoms with Crippen LogP contribution in [-0.2, 0) is 9.59 Å². The van der Waals surface area contributed by atoms with Crippen LogP contribution >= 0.6 is 0 Å². The molecule has 0 aliphatic carbocycles. The standard InChI is InChI=1S/C5H8O4.2C4H12N/c1-3(5(8)9)2-4(6)7;2*1-5(2,3)4/h3H,2H2,1H3,(H,6,7)(H,8,9);2*1-4H3/q;2*+1/p-2. The number of carboxylic acid groups (broad SMARTS) is 2. The van der Waals surface area contributed by atoms with E-state index in [9.17, 15) is 19.8 Å². The van der Waals surface area contributed by atoms with Gasteiger partial charge in [-0.05, 0) is 6.42 Å². The Balaban J connectivity index is -0.000000219. The molecule has 0 rings (SSSR count). The number of carboxylic acids is 2. The highest BCUT2D eigenvalue weighted by atomic mass is 16.4. The van der Waals surface area contributed by atoms with Gasteiger partial charge in [-0.25, -0.2) is 0 Å². The average molecular weight is 278 g/mol. The van der Waals surface area contributed by atoms with Crippen molar-refractivity contribution in [1.82, 2.24) is 0 Å². The van der Waals surface area contributed by atoms with Crippen LogP contribution in [0.2, 0.25) is 0 Å². The number of carbonyl (C=O) groups is 2. The second kappa shape index (κ2) is 9.75. The lowest BCUT2D eigenvalue weighted by atomic mass is 10.1. The van der Waals surface area contributed by atoms with Crippen LogP contribution in [0.15, 0.2) is 0 Å². The molecule has 0 N–H and O–H groups in total. The summed E-state index contributed by atoms with van der Waals surface area (Å²) >= 11 is 0. The van der Waals surface area contributed by atoms with Crippen molar-refractivity contribution in [2.24, 2.45) is 5.92 Å². The lowest BCUT2D eigenvalue weighted by Crippen LogP contribution is -2.34. The van der Waals surface area contributed by atoms with Gasteiger partial charge in [0.05, 0.1) is 56.4 Å². The number of carbonyl (C=O) groups excluding carboxylic acids is 2. The van der Waals surface area contributed by atoms with E-state index in [2.05, 4.69) is 56.4 Å². The molecule has 0 saturated carbocycles. The minimum Gasteiger partial charge on any atom is -0.550 e. The Morgan fingerprint density at radius 2 is 1.05 bits per heavy atom. The van der Waals surface area contributed by atoms with Crippen molar-refractivity contribution < 1.29 is 28.8 Å². The predicted molar refractivity (Wildman–Crippen MR) is 71.7 cm³/mol. The van der Waals surface area contributed by atoms with Crippen LogP contribution < -0.4 is 10.2 Å². The lowest BCUT2D eigenvalue weighted by Gasteiger charge is -2.14. The normalized spacial score (nSPS) is 12.3. The van der Waals surface area contributed by atoms with Crippen molar-refractivity contribution >= 4 is 11.9 Å². The number of aliphatic carboxylic acids is 2. The SMILES string of the molecule is CC(CC(=O)[O-])C(=O)[O-].C[N+](C)(C)C.C[N+](C)(C)C. The van der Waals surface area contributed by atoms with Crippen LogP contribution in [-0.4, -0.2) is 77.3 Å². The van der Waals surface area contributed by atoms with Crippen molar-refractivity contribution in [2.75, 3.05) is 56.4 Å². The highest BCUT2D eigenvalue weighted by Gasteiger charge is 2.01. The van der Waals surface area contributed by atoms with Gasteiger partial charge >= 0.3 is 0 Å². The van der Waals surface area contributed by atoms with Gasteiger partial charge in [0.15, 0.2) is 0 Å². The van der Waals surface area contributed by atoms with Gasteiger partial charge in [-0.3, -0.25) is 0 Å². The molecule has 0 bridgehead atoms. The monoisotopic (exact) mass is 278 g/mol. The van der Waals surface area contributed by atoms with Gasteiger partial charge in [0.25, 0.3) is 0 Å². The zero-order chi connectivity index (χ0) is 16.4. The molecule has 1 atom stereocenters. The summed E-state index contributed by atoms with van der Waals surface area (Å²) in [4.78, 5) is 19.5. The minimum absolute atomic E-state index is 0.484. The van der Waals surface area contributed by atoms with Gasteiger partial charge < -0.3 is 28.8 Å². The van der Waals surface area contributed by atoms with E-state index in [0.717, 1.165) is 8.97 Å². The summed E-state index contributed by atoms with van der Waals surface area (Å²) in [7, 11) is 17.0. The Bertz CT molecular complexity index is 241. The second-order valence-electron chi connectivity index (χ2n) is 7.16. The maximum atomic E-state index is 9.83. The van der Waals surface area contributed by atoms with Gasteiger partial charge in [0.1, 0.15) is 0 Å². The van der Waals surface area contributed by atoms with Crippen molar-refractivity contribution in [2.45, 2.75) is 13.3 Å². The highest BCUT2D eigenvalue weighted by molar-refractivity contribution is 5.74. The molecule has 0 aliphatic heterocycles. The number of nitrogens with zero attached hydrogens (tertiary/aromatic N) is 2. The van der Waals surface area contributed by atoms with Gasteiger partial charge in [0.2, 0.25) is 0 Å². The third-order valence-corrected chi connectivity index (χ3v) is 0.875. The first-order valence-corrected chi connectivity index (χ1v) is 6.02. The van der Waals surface area contributed by atoms with Gasteiger partial charge in [-0.15, -0.1) is 0 Å². The molecule has 0 aromatic heterocycles.